The Morgan fingerprint density at radius 1 is 1.60 bits per heavy atom. The second-order valence-corrected chi connectivity index (χ2v) is 5.06. The molecule has 82 valence electrons. The van der Waals surface area contributed by atoms with E-state index in [4.69, 9.17) is 5.73 Å². The molecule has 0 amide bonds. The fourth-order valence-corrected chi connectivity index (χ4v) is 1.89. The van der Waals surface area contributed by atoms with Crippen LogP contribution in [0.3, 0.4) is 0 Å². The van der Waals surface area contributed by atoms with Gasteiger partial charge < -0.3 is 11.1 Å². The molecule has 0 radical (unpaired) electrons. The number of anilines is 1. The topological polar surface area (TPSA) is 50.9 Å². The van der Waals surface area contributed by atoms with Crippen LogP contribution in [-0.2, 0) is 6.54 Å². The van der Waals surface area contributed by atoms with E-state index < -0.39 is 0 Å². The first kappa shape index (κ1) is 10.4. The number of nitrogens with one attached hydrogen (secondary N) is 1. The average Bonchev–Trinajstić information content (AvgIpc) is 2.78. The maximum Gasteiger partial charge on any atom is 0.0770 e. The number of nitrogens with two attached hydrogens (primary N) is 1. The Bertz CT molecular complexity index is 346. The van der Waals surface area contributed by atoms with Crippen LogP contribution in [0.1, 0.15) is 26.0 Å². The van der Waals surface area contributed by atoms with Crippen LogP contribution in [0.15, 0.2) is 18.3 Å². The molecule has 3 nitrogen and oxygen atoms in total. The minimum atomic E-state index is 0.544. The summed E-state index contributed by atoms with van der Waals surface area (Å²) >= 11 is 0. The summed E-state index contributed by atoms with van der Waals surface area (Å²) in [4.78, 5) is 4.24. The molecule has 1 aliphatic rings. The van der Waals surface area contributed by atoms with E-state index in [0.717, 1.165) is 30.4 Å². The van der Waals surface area contributed by atoms with E-state index in [2.05, 4.69) is 24.1 Å². The van der Waals surface area contributed by atoms with Crippen molar-refractivity contribution in [2.75, 3.05) is 12.3 Å². The molecule has 1 saturated carbocycles. The van der Waals surface area contributed by atoms with Crippen LogP contribution in [0.2, 0.25) is 0 Å². The molecule has 1 aromatic rings. The molecule has 1 atom stereocenters. The van der Waals surface area contributed by atoms with Crippen molar-refractivity contribution in [2.45, 2.75) is 26.8 Å². The quantitative estimate of drug-likeness (QED) is 0.788. The fraction of sp³-hybridized carbons (Fsp3) is 0.583. The van der Waals surface area contributed by atoms with Crippen LogP contribution >= 0.6 is 0 Å². The van der Waals surface area contributed by atoms with Gasteiger partial charge in [-0.2, -0.15) is 0 Å². The van der Waals surface area contributed by atoms with Gasteiger partial charge in [-0.25, -0.2) is 0 Å². The molecule has 0 aromatic carbocycles. The van der Waals surface area contributed by atoms with E-state index in [0.29, 0.717) is 5.41 Å². The summed E-state index contributed by atoms with van der Waals surface area (Å²) in [6.07, 6.45) is 3.12. The molecule has 1 unspecified atom stereocenters. The summed E-state index contributed by atoms with van der Waals surface area (Å²) in [5.41, 5.74) is 8.08. The normalized spacial score (nSPS) is 22.7. The molecule has 0 spiro atoms. The molecule has 3 heteroatoms. The van der Waals surface area contributed by atoms with E-state index in [-0.39, 0.29) is 0 Å². The number of hydrogen-bond donors (Lipinski definition) is 2. The number of pyridine rings is 1. The van der Waals surface area contributed by atoms with Crippen molar-refractivity contribution in [1.29, 1.82) is 0 Å². The minimum absolute atomic E-state index is 0.544. The van der Waals surface area contributed by atoms with Crippen LogP contribution in [0.4, 0.5) is 5.69 Å². The first-order chi connectivity index (χ1) is 7.09. The lowest BCUT2D eigenvalue weighted by atomic mass is 10.1. The summed E-state index contributed by atoms with van der Waals surface area (Å²) in [6, 6.07) is 3.76. The van der Waals surface area contributed by atoms with Gasteiger partial charge in [0.1, 0.15) is 0 Å². The molecule has 0 aliphatic heterocycles. The molecule has 3 N–H and O–H groups in total. The molecule has 1 aliphatic carbocycles. The molecule has 1 aromatic heterocycles. The Labute approximate surface area is 91.1 Å². The molecule has 0 bridgehead atoms. The second-order valence-electron chi connectivity index (χ2n) is 5.06. The van der Waals surface area contributed by atoms with Crippen LogP contribution in [0.5, 0.6) is 0 Å². The highest BCUT2D eigenvalue weighted by Gasteiger charge is 2.44. The highest BCUT2D eigenvalue weighted by Crippen LogP contribution is 2.50. The molecule has 1 heterocycles. The summed E-state index contributed by atoms with van der Waals surface area (Å²) in [6.45, 7) is 6.48. The first-order valence-electron chi connectivity index (χ1n) is 5.50. The van der Waals surface area contributed by atoms with Crippen LogP contribution in [0, 0.1) is 11.3 Å². The lowest BCUT2D eigenvalue weighted by Crippen LogP contribution is -2.19. The Morgan fingerprint density at radius 3 is 2.93 bits per heavy atom. The largest absolute Gasteiger partial charge is 0.397 e. The Morgan fingerprint density at radius 2 is 2.33 bits per heavy atom. The zero-order chi connectivity index (χ0) is 10.9. The average molecular weight is 205 g/mol. The predicted molar refractivity (Wildman–Crippen MR) is 62.2 cm³/mol. The van der Waals surface area contributed by atoms with E-state index in [1.165, 1.54) is 6.42 Å². The molecule has 0 saturated heterocycles. The van der Waals surface area contributed by atoms with E-state index in [9.17, 15) is 0 Å². The second kappa shape index (κ2) is 3.81. The number of rotatable bonds is 4. The summed E-state index contributed by atoms with van der Waals surface area (Å²) in [5, 5.41) is 3.42. The Kier molecular flexibility index (Phi) is 2.65. The maximum atomic E-state index is 5.80. The van der Waals surface area contributed by atoms with E-state index in [1.807, 2.05) is 12.1 Å². The first-order valence-corrected chi connectivity index (χ1v) is 5.50. The summed E-state index contributed by atoms with van der Waals surface area (Å²) in [5.74, 6) is 0.822. The van der Waals surface area contributed by atoms with Crippen LogP contribution in [0.25, 0.3) is 0 Å². The van der Waals surface area contributed by atoms with E-state index >= 15 is 0 Å². The number of hydrogen-bond acceptors (Lipinski definition) is 3. The fourth-order valence-electron chi connectivity index (χ4n) is 1.89. The molecular formula is C12H19N3. The smallest absolute Gasteiger partial charge is 0.0770 e. The van der Waals surface area contributed by atoms with Gasteiger partial charge in [0.15, 0.2) is 0 Å². The molecule has 2 rings (SSSR count). The van der Waals surface area contributed by atoms with Gasteiger partial charge in [0.25, 0.3) is 0 Å². The van der Waals surface area contributed by atoms with Gasteiger partial charge in [-0.15, -0.1) is 0 Å². The highest BCUT2D eigenvalue weighted by atomic mass is 14.9. The lowest BCUT2D eigenvalue weighted by molar-refractivity contribution is 0.518. The number of nitrogen functional groups attached to an aromatic ring is 1. The highest BCUT2D eigenvalue weighted by molar-refractivity contribution is 5.41. The van der Waals surface area contributed by atoms with Gasteiger partial charge >= 0.3 is 0 Å². The van der Waals surface area contributed by atoms with Gasteiger partial charge in [-0.3, -0.25) is 4.98 Å². The minimum Gasteiger partial charge on any atom is -0.397 e. The van der Waals surface area contributed by atoms with Gasteiger partial charge in [0, 0.05) is 12.7 Å². The zero-order valence-corrected chi connectivity index (χ0v) is 9.46. The van der Waals surface area contributed by atoms with Crippen molar-refractivity contribution in [3.63, 3.8) is 0 Å². The van der Waals surface area contributed by atoms with E-state index in [1.54, 1.807) is 6.20 Å². The Hall–Kier alpha value is -1.09. The lowest BCUT2D eigenvalue weighted by Gasteiger charge is -2.07. The zero-order valence-electron chi connectivity index (χ0n) is 9.46. The SMILES string of the molecule is CC1(C)CC1CNCc1ncccc1N. The van der Waals surface area contributed by atoms with Crippen molar-refractivity contribution in [3.8, 4) is 0 Å². The van der Waals surface area contributed by atoms with Gasteiger partial charge in [0.05, 0.1) is 11.4 Å². The van der Waals surface area contributed by atoms with Gasteiger partial charge in [0.2, 0.25) is 0 Å². The van der Waals surface area contributed by atoms with Crippen molar-refractivity contribution in [1.82, 2.24) is 10.3 Å². The maximum absolute atomic E-state index is 5.80. The predicted octanol–water partition coefficient (Wildman–Crippen LogP) is 1.80. The summed E-state index contributed by atoms with van der Waals surface area (Å²) < 4.78 is 0. The molecular weight excluding hydrogens is 186 g/mol. The molecule has 15 heavy (non-hydrogen) atoms. The van der Waals surface area contributed by atoms with Crippen LogP contribution in [-0.4, -0.2) is 11.5 Å². The van der Waals surface area contributed by atoms with Crippen LogP contribution < -0.4 is 11.1 Å². The van der Waals surface area contributed by atoms with Gasteiger partial charge in [-0.1, -0.05) is 13.8 Å². The Balaban J connectivity index is 1.77. The number of nitrogens with zero attached hydrogens (tertiary/aromatic N) is 1. The summed E-state index contributed by atoms with van der Waals surface area (Å²) in [7, 11) is 0. The third-order valence-electron chi connectivity index (χ3n) is 3.33. The van der Waals surface area contributed by atoms with Crippen molar-refractivity contribution in [2.24, 2.45) is 11.3 Å². The van der Waals surface area contributed by atoms with Gasteiger partial charge in [-0.05, 0) is 36.4 Å². The van der Waals surface area contributed by atoms with Crippen molar-refractivity contribution < 1.29 is 0 Å². The molecule has 1 fully saturated rings. The van der Waals surface area contributed by atoms with Crippen molar-refractivity contribution in [3.05, 3.63) is 24.0 Å². The van der Waals surface area contributed by atoms with Crippen molar-refractivity contribution >= 4 is 5.69 Å². The standard InChI is InChI=1S/C12H19N3/c1-12(2)6-9(12)7-14-8-11-10(13)4-3-5-15-11/h3-5,9,14H,6-8,13H2,1-2H3. The monoisotopic (exact) mass is 205 g/mol. The third kappa shape index (κ3) is 2.48. The number of aromatic nitrogens is 1. The third-order valence-corrected chi connectivity index (χ3v) is 3.33.